The lowest BCUT2D eigenvalue weighted by atomic mass is 10.2. The van der Waals surface area contributed by atoms with Gasteiger partial charge in [0.2, 0.25) is 0 Å². The van der Waals surface area contributed by atoms with Gasteiger partial charge in [0, 0.05) is 23.4 Å². The van der Waals surface area contributed by atoms with Crippen molar-refractivity contribution < 1.29 is 4.84 Å². The van der Waals surface area contributed by atoms with Crippen molar-refractivity contribution in [3.63, 3.8) is 0 Å². The predicted molar refractivity (Wildman–Crippen MR) is 76.7 cm³/mol. The summed E-state index contributed by atoms with van der Waals surface area (Å²) in [6, 6.07) is 19.8. The normalized spacial score (nSPS) is 10.5. The van der Waals surface area contributed by atoms with Crippen LogP contribution in [-0.4, -0.2) is 0 Å². The standard InChI is InChI=1S/C8H7NO.C8H7N/c1-2-4-8-7(3-1)5-6-9-10-8;9-7-6-8-4-2-1-3-5-8/h1-6,9H;1-5H,9H2. The third kappa shape index (κ3) is 3.83. The Balaban J connectivity index is 0.000000141. The first-order valence-corrected chi connectivity index (χ1v) is 5.85. The van der Waals surface area contributed by atoms with Gasteiger partial charge >= 0.3 is 0 Å². The first-order chi connectivity index (χ1) is 9.40. The molecule has 0 spiro atoms. The van der Waals surface area contributed by atoms with Gasteiger partial charge in [0.1, 0.15) is 0 Å². The molecule has 19 heavy (non-hydrogen) atoms. The Labute approximate surface area is 112 Å². The number of benzene rings is 2. The Morgan fingerprint density at radius 3 is 2.42 bits per heavy atom. The van der Waals surface area contributed by atoms with E-state index < -0.39 is 0 Å². The highest BCUT2D eigenvalue weighted by Crippen LogP contribution is 2.20. The van der Waals surface area contributed by atoms with Gasteiger partial charge in [-0.3, -0.25) is 0 Å². The highest BCUT2D eigenvalue weighted by atomic mass is 16.6. The molecule has 1 aliphatic rings. The molecule has 2 aromatic rings. The highest BCUT2D eigenvalue weighted by molar-refractivity contribution is 5.57. The zero-order chi connectivity index (χ0) is 13.3. The minimum atomic E-state index is 0.880. The van der Waals surface area contributed by atoms with Crippen molar-refractivity contribution in [3.8, 4) is 17.7 Å². The topological polar surface area (TPSA) is 47.3 Å². The minimum absolute atomic E-state index is 0.880. The highest BCUT2D eigenvalue weighted by Gasteiger charge is 2.01. The molecular formula is C16H14N2O. The van der Waals surface area contributed by atoms with Crippen LogP contribution in [0.3, 0.4) is 0 Å². The molecule has 1 heterocycles. The number of hydrogen-bond donors (Lipinski definition) is 2. The van der Waals surface area contributed by atoms with Crippen LogP contribution in [-0.2, 0) is 0 Å². The summed E-state index contributed by atoms with van der Waals surface area (Å²) in [4.78, 5) is 5.09. The lowest BCUT2D eigenvalue weighted by Gasteiger charge is -2.11. The van der Waals surface area contributed by atoms with Gasteiger partial charge in [-0.15, -0.1) is 0 Å². The Kier molecular flexibility index (Phi) is 4.49. The number of nitrogens with two attached hydrogens (primary N) is 1. The maximum atomic E-state index is 5.09. The molecule has 3 N–H and O–H groups in total. The molecule has 1 aliphatic heterocycles. The van der Waals surface area contributed by atoms with E-state index in [0.717, 1.165) is 16.9 Å². The lowest BCUT2D eigenvalue weighted by Crippen LogP contribution is -2.13. The van der Waals surface area contributed by atoms with Gasteiger partial charge in [-0.2, -0.15) is 0 Å². The molecule has 0 aliphatic carbocycles. The first kappa shape index (κ1) is 12.6. The average molecular weight is 250 g/mol. The van der Waals surface area contributed by atoms with E-state index in [-0.39, 0.29) is 0 Å². The monoisotopic (exact) mass is 250 g/mol. The van der Waals surface area contributed by atoms with Crippen molar-refractivity contribution in [2.24, 2.45) is 5.73 Å². The molecular weight excluding hydrogens is 236 g/mol. The zero-order valence-electron chi connectivity index (χ0n) is 10.3. The van der Waals surface area contributed by atoms with Crippen LogP contribution in [0.5, 0.6) is 5.75 Å². The van der Waals surface area contributed by atoms with Crippen molar-refractivity contribution in [2.45, 2.75) is 0 Å². The summed E-state index contributed by atoms with van der Waals surface area (Å²) in [6.45, 7) is 0. The van der Waals surface area contributed by atoms with E-state index in [9.17, 15) is 0 Å². The third-order valence-corrected chi connectivity index (χ3v) is 2.41. The molecule has 0 atom stereocenters. The van der Waals surface area contributed by atoms with Crippen LogP contribution >= 0.6 is 0 Å². The molecule has 94 valence electrons. The smallest absolute Gasteiger partial charge is 0.162 e. The summed E-state index contributed by atoms with van der Waals surface area (Å²) >= 11 is 0. The van der Waals surface area contributed by atoms with Crippen LogP contribution in [0.15, 0.2) is 60.8 Å². The van der Waals surface area contributed by atoms with E-state index >= 15 is 0 Å². The van der Waals surface area contributed by atoms with Crippen LogP contribution in [0.4, 0.5) is 0 Å². The van der Waals surface area contributed by atoms with E-state index in [4.69, 9.17) is 10.6 Å². The lowest BCUT2D eigenvalue weighted by molar-refractivity contribution is 0.239. The minimum Gasteiger partial charge on any atom is -0.382 e. The van der Waals surface area contributed by atoms with Crippen molar-refractivity contribution in [1.29, 1.82) is 0 Å². The van der Waals surface area contributed by atoms with Gasteiger partial charge in [0.05, 0.1) is 0 Å². The third-order valence-electron chi connectivity index (χ3n) is 2.41. The summed E-state index contributed by atoms with van der Waals surface area (Å²) < 4.78 is 0. The molecule has 3 heteroatoms. The number of hydroxylamine groups is 1. The quantitative estimate of drug-likeness (QED) is 0.558. The molecule has 0 saturated carbocycles. The van der Waals surface area contributed by atoms with Gasteiger partial charge in [-0.05, 0) is 30.2 Å². The number of hydrogen-bond acceptors (Lipinski definition) is 3. The SMILES string of the molecule is C1=Cc2ccccc2ON1.NC#Cc1ccccc1. The second-order valence-electron chi connectivity index (χ2n) is 3.73. The van der Waals surface area contributed by atoms with E-state index in [0.29, 0.717) is 0 Å². The van der Waals surface area contributed by atoms with E-state index in [1.165, 1.54) is 0 Å². The van der Waals surface area contributed by atoms with Crippen LogP contribution in [0.2, 0.25) is 0 Å². The number of fused-ring (bicyclic) bond motifs is 1. The number of rotatable bonds is 0. The molecule has 0 bridgehead atoms. The van der Waals surface area contributed by atoms with Crippen LogP contribution in [0, 0.1) is 12.0 Å². The van der Waals surface area contributed by atoms with Gasteiger partial charge in [-0.25, -0.2) is 5.48 Å². The second kappa shape index (κ2) is 6.77. The molecule has 0 amide bonds. The van der Waals surface area contributed by atoms with Crippen LogP contribution < -0.4 is 16.1 Å². The zero-order valence-corrected chi connectivity index (χ0v) is 10.3. The van der Waals surface area contributed by atoms with Gasteiger partial charge in [0.15, 0.2) is 5.75 Å². The Morgan fingerprint density at radius 1 is 0.947 bits per heavy atom. The molecule has 0 radical (unpaired) electrons. The fraction of sp³-hybridized carbons (Fsp3) is 0. The van der Waals surface area contributed by atoms with Gasteiger partial charge < -0.3 is 10.6 Å². The summed E-state index contributed by atoms with van der Waals surface area (Å²) in [5, 5.41) is 0. The maximum Gasteiger partial charge on any atom is 0.162 e. The Hall–Kier alpha value is -2.86. The molecule has 2 aromatic carbocycles. The largest absolute Gasteiger partial charge is 0.382 e. The summed E-state index contributed by atoms with van der Waals surface area (Å²) in [7, 11) is 0. The van der Waals surface area contributed by atoms with Crippen molar-refractivity contribution in [2.75, 3.05) is 0 Å². The van der Waals surface area contributed by atoms with Crippen molar-refractivity contribution in [3.05, 3.63) is 71.9 Å². The molecule has 0 aromatic heterocycles. The van der Waals surface area contributed by atoms with Gasteiger partial charge in [-0.1, -0.05) is 36.4 Å². The molecule has 3 nitrogen and oxygen atoms in total. The fourth-order valence-corrected chi connectivity index (χ4v) is 1.54. The molecule has 0 saturated heterocycles. The summed E-state index contributed by atoms with van der Waals surface area (Å²) in [5.74, 6) is 3.61. The molecule has 0 unspecified atom stereocenters. The van der Waals surface area contributed by atoms with Crippen LogP contribution in [0.1, 0.15) is 11.1 Å². The second-order valence-corrected chi connectivity index (χ2v) is 3.73. The average Bonchev–Trinajstić information content (AvgIpc) is 2.50. The summed E-state index contributed by atoms with van der Waals surface area (Å²) in [6.07, 6.45) is 3.74. The van der Waals surface area contributed by atoms with E-state index in [1.54, 1.807) is 6.20 Å². The van der Waals surface area contributed by atoms with Crippen LogP contribution in [0.25, 0.3) is 6.08 Å². The predicted octanol–water partition coefficient (Wildman–Crippen LogP) is 2.51. The summed E-state index contributed by atoms with van der Waals surface area (Å²) in [5.41, 5.74) is 9.73. The Morgan fingerprint density at radius 2 is 1.68 bits per heavy atom. The Bertz CT molecular complexity index is 609. The van der Waals surface area contributed by atoms with E-state index in [1.807, 2.05) is 60.7 Å². The maximum absolute atomic E-state index is 5.09. The fourth-order valence-electron chi connectivity index (χ4n) is 1.54. The molecule has 3 rings (SSSR count). The van der Waals surface area contributed by atoms with E-state index in [2.05, 4.69) is 17.4 Å². The number of para-hydroxylation sites is 1. The van der Waals surface area contributed by atoms with Crippen molar-refractivity contribution in [1.82, 2.24) is 5.48 Å². The first-order valence-electron chi connectivity index (χ1n) is 5.85. The number of nitrogens with one attached hydrogen (secondary N) is 1. The van der Waals surface area contributed by atoms with Crippen molar-refractivity contribution >= 4 is 6.08 Å². The van der Waals surface area contributed by atoms with Gasteiger partial charge in [0.25, 0.3) is 0 Å². The molecule has 0 fully saturated rings.